The highest BCUT2D eigenvalue weighted by Crippen LogP contribution is 2.49. The lowest BCUT2D eigenvalue weighted by Gasteiger charge is -2.46. The molecule has 1 aliphatic carbocycles. The second-order valence-electron chi connectivity index (χ2n) is 6.22. The topological polar surface area (TPSA) is 46.0 Å². The van der Waals surface area contributed by atoms with Crippen LogP contribution in [0.4, 0.5) is 0 Å². The van der Waals surface area contributed by atoms with Crippen LogP contribution < -0.4 is 0 Å². The van der Waals surface area contributed by atoms with Gasteiger partial charge in [0, 0.05) is 18.0 Å². The first kappa shape index (κ1) is 12.5. The van der Waals surface area contributed by atoms with Gasteiger partial charge in [0.15, 0.2) is 0 Å². The van der Waals surface area contributed by atoms with E-state index in [9.17, 15) is 5.11 Å². The predicted molar refractivity (Wildman–Crippen MR) is 67.3 cm³/mol. The standard InChI is InChI=1S/C14H22N2O/c1-13(2,3)12-6-4-5-7-14(12,17)11-8-15-10-16-9-11/h8-10,12,17H,4-7H2,1-3H3. The van der Waals surface area contributed by atoms with Gasteiger partial charge in [-0.05, 0) is 24.2 Å². The van der Waals surface area contributed by atoms with Crippen molar-refractivity contribution < 1.29 is 5.11 Å². The molecular weight excluding hydrogens is 212 g/mol. The van der Waals surface area contributed by atoms with Crippen molar-refractivity contribution in [3.63, 3.8) is 0 Å². The highest BCUT2D eigenvalue weighted by molar-refractivity contribution is 5.18. The van der Waals surface area contributed by atoms with Gasteiger partial charge in [-0.1, -0.05) is 33.6 Å². The molecule has 1 aliphatic rings. The molecule has 0 spiro atoms. The van der Waals surface area contributed by atoms with Gasteiger partial charge in [-0.15, -0.1) is 0 Å². The van der Waals surface area contributed by atoms with Crippen molar-refractivity contribution in [3.8, 4) is 0 Å². The maximum Gasteiger partial charge on any atom is 0.115 e. The van der Waals surface area contributed by atoms with E-state index in [2.05, 4.69) is 30.7 Å². The molecule has 2 atom stereocenters. The third-order valence-corrected chi connectivity index (χ3v) is 3.98. The second-order valence-corrected chi connectivity index (χ2v) is 6.22. The summed E-state index contributed by atoms with van der Waals surface area (Å²) in [5.41, 5.74) is 0.225. The van der Waals surface area contributed by atoms with E-state index in [1.807, 2.05) is 0 Å². The van der Waals surface area contributed by atoms with E-state index in [4.69, 9.17) is 0 Å². The van der Waals surface area contributed by atoms with Crippen molar-refractivity contribution in [1.82, 2.24) is 9.97 Å². The third-order valence-electron chi connectivity index (χ3n) is 3.98. The van der Waals surface area contributed by atoms with Gasteiger partial charge >= 0.3 is 0 Å². The van der Waals surface area contributed by atoms with Crippen LogP contribution in [0.15, 0.2) is 18.7 Å². The van der Waals surface area contributed by atoms with Gasteiger partial charge in [0.05, 0.1) is 5.60 Å². The first-order valence-corrected chi connectivity index (χ1v) is 6.42. The molecule has 1 aromatic rings. The van der Waals surface area contributed by atoms with Gasteiger partial charge < -0.3 is 5.11 Å². The molecule has 0 bridgehead atoms. The SMILES string of the molecule is CC(C)(C)C1CCCCC1(O)c1cncnc1. The first-order valence-electron chi connectivity index (χ1n) is 6.42. The van der Waals surface area contributed by atoms with Crippen LogP contribution in [-0.2, 0) is 5.60 Å². The molecular formula is C14H22N2O. The molecule has 0 radical (unpaired) electrons. The van der Waals surface area contributed by atoms with Crippen LogP contribution in [0.3, 0.4) is 0 Å². The fourth-order valence-electron chi connectivity index (χ4n) is 3.17. The highest BCUT2D eigenvalue weighted by atomic mass is 16.3. The molecule has 0 saturated heterocycles. The van der Waals surface area contributed by atoms with E-state index in [1.54, 1.807) is 12.4 Å². The molecule has 3 nitrogen and oxygen atoms in total. The summed E-state index contributed by atoms with van der Waals surface area (Å²) < 4.78 is 0. The largest absolute Gasteiger partial charge is 0.385 e. The normalized spacial score (nSPS) is 30.2. The van der Waals surface area contributed by atoms with Crippen LogP contribution in [0, 0.1) is 11.3 Å². The Hall–Kier alpha value is -0.960. The molecule has 1 N–H and O–H groups in total. The first-order chi connectivity index (χ1) is 7.94. The molecule has 1 heterocycles. The molecule has 0 amide bonds. The summed E-state index contributed by atoms with van der Waals surface area (Å²) in [6.45, 7) is 6.62. The van der Waals surface area contributed by atoms with Crippen LogP contribution in [0.2, 0.25) is 0 Å². The number of hydrogen-bond donors (Lipinski definition) is 1. The molecule has 2 rings (SSSR count). The smallest absolute Gasteiger partial charge is 0.115 e. The zero-order valence-electron chi connectivity index (χ0n) is 11.0. The quantitative estimate of drug-likeness (QED) is 0.812. The number of rotatable bonds is 1. The zero-order chi connectivity index (χ0) is 12.5. The molecule has 3 heteroatoms. The van der Waals surface area contributed by atoms with Crippen molar-refractivity contribution in [1.29, 1.82) is 0 Å². The fourth-order valence-corrected chi connectivity index (χ4v) is 3.17. The van der Waals surface area contributed by atoms with E-state index in [0.717, 1.165) is 24.8 Å². The van der Waals surface area contributed by atoms with Crippen molar-refractivity contribution >= 4 is 0 Å². The number of hydrogen-bond acceptors (Lipinski definition) is 3. The monoisotopic (exact) mass is 234 g/mol. The minimum absolute atomic E-state index is 0.102. The number of aliphatic hydroxyl groups is 1. The Morgan fingerprint density at radius 3 is 2.47 bits per heavy atom. The molecule has 1 aromatic heterocycles. The Kier molecular flexibility index (Phi) is 3.21. The summed E-state index contributed by atoms with van der Waals surface area (Å²) >= 11 is 0. The summed E-state index contributed by atoms with van der Waals surface area (Å²) in [6.07, 6.45) is 9.23. The lowest BCUT2D eigenvalue weighted by molar-refractivity contribution is -0.0963. The Balaban J connectivity index is 2.38. The molecule has 2 unspecified atom stereocenters. The second kappa shape index (κ2) is 4.37. The average molecular weight is 234 g/mol. The maximum absolute atomic E-state index is 11.1. The van der Waals surface area contributed by atoms with E-state index in [1.165, 1.54) is 12.7 Å². The van der Waals surface area contributed by atoms with Crippen molar-refractivity contribution in [2.24, 2.45) is 11.3 Å². The molecule has 0 aliphatic heterocycles. The molecule has 1 saturated carbocycles. The van der Waals surface area contributed by atoms with Crippen LogP contribution in [0.5, 0.6) is 0 Å². The summed E-state index contributed by atoms with van der Waals surface area (Å²) in [5.74, 6) is 0.273. The van der Waals surface area contributed by atoms with Gasteiger partial charge in [0.1, 0.15) is 6.33 Å². The molecule has 0 aromatic carbocycles. The van der Waals surface area contributed by atoms with Crippen LogP contribution >= 0.6 is 0 Å². The third kappa shape index (κ3) is 2.34. The van der Waals surface area contributed by atoms with Crippen LogP contribution in [0.1, 0.15) is 52.0 Å². The summed E-state index contributed by atoms with van der Waals surface area (Å²) in [7, 11) is 0. The lowest BCUT2D eigenvalue weighted by atomic mass is 9.62. The summed E-state index contributed by atoms with van der Waals surface area (Å²) in [4.78, 5) is 8.10. The average Bonchev–Trinajstić information content (AvgIpc) is 2.29. The van der Waals surface area contributed by atoms with Gasteiger partial charge in [-0.25, -0.2) is 9.97 Å². The van der Waals surface area contributed by atoms with E-state index >= 15 is 0 Å². The van der Waals surface area contributed by atoms with Gasteiger partial charge in [-0.2, -0.15) is 0 Å². The zero-order valence-corrected chi connectivity index (χ0v) is 11.0. The van der Waals surface area contributed by atoms with Crippen molar-refractivity contribution in [2.45, 2.75) is 52.1 Å². The number of aromatic nitrogens is 2. The number of nitrogens with zero attached hydrogens (tertiary/aromatic N) is 2. The van der Waals surface area contributed by atoms with Crippen LogP contribution in [-0.4, -0.2) is 15.1 Å². The minimum Gasteiger partial charge on any atom is -0.385 e. The van der Waals surface area contributed by atoms with Crippen molar-refractivity contribution in [3.05, 3.63) is 24.3 Å². The van der Waals surface area contributed by atoms with Gasteiger partial charge in [-0.3, -0.25) is 0 Å². The highest BCUT2D eigenvalue weighted by Gasteiger charge is 2.46. The molecule has 1 fully saturated rings. The van der Waals surface area contributed by atoms with E-state index in [-0.39, 0.29) is 11.3 Å². The predicted octanol–water partition coefficient (Wildman–Crippen LogP) is 2.90. The maximum atomic E-state index is 11.1. The Morgan fingerprint density at radius 1 is 1.24 bits per heavy atom. The Bertz CT molecular complexity index is 372. The summed E-state index contributed by atoms with van der Waals surface area (Å²) in [6, 6.07) is 0. The van der Waals surface area contributed by atoms with Gasteiger partial charge in [0.2, 0.25) is 0 Å². The van der Waals surface area contributed by atoms with Crippen LogP contribution in [0.25, 0.3) is 0 Å². The summed E-state index contributed by atoms with van der Waals surface area (Å²) in [5, 5.41) is 11.1. The van der Waals surface area contributed by atoms with Gasteiger partial charge in [0.25, 0.3) is 0 Å². The lowest BCUT2D eigenvalue weighted by Crippen LogP contribution is -2.44. The van der Waals surface area contributed by atoms with E-state index < -0.39 is 5.60 Å². The molecule has 94 valence electrons. The van der Waals surface area contributed by atoms with E-state index in [0.29, 0.717) is 0 Å². The Morgan fingerprint density at radius 2 is 1.88 bits per heavy atom. The van der Waals surface area contributed by atoms with Crippen molar-refractivity contribution in [2.75, 3.05) is 0 Å². The fraction of sp³-hybridized carbons (Fsp3) is 0.714. The Labute approximate surface area is 103 Å². The minimum atomic E-state index is -0.752. The molecule has 17 heavy (non-hydrogen) atoms.